The quantitative estimate of drug-likeness (QED) is 0.694. The molecule has 5 nitrogen and oxygen atoms in total. The lowest BCUT2D eigenvalue weighted by atomic mass is 10.2. The predicted molar refractivity (Wildman–Crippen MR) is 102 cm³/mol. The minimum atomic E-state index is 0.372. The van der Waals surface area contributed by atoms with Crippen LogP contribution in [0, 0.1) is 6.92 Å². The lowest BCUT2D eigenvalue weighted by Crippen LogP contribution is -2.17. The first-order chi connectivity index (χ1) is 12.1. The van der Waals surface area contributed by atoms with E-state index in [1.165, 1.54) is 0 Å². The molecule has 1 N–H and O–H groups in total. The molecule has 0 aliphatic heterocycles. The Balaban J connectivity index is 2.01. The van der Waals surface area contributed by atoms with E-state index in [9.17, 15) is 0 Å². The van der Waals surface area contributed by atoms with Gasteiger partial charge in [-0.2, -0.15) is 0 Å². The highest BCUT2D eigenvalue weighted by Gasteiger charge is 2.14. The van der Waals surface area contributed by atoms with E-state index >= 15 is 0 Å². The van der Waals surface area contributed by atoms with E-state index < -0.39 is 0 Å². The second-order valence-corrected chi connectivity index (χ2v) is 6.44. The van der Waals surface area contributed by atoms with Crippen LogP contribution in [0.4, 0.5) is 5.82 Å². The third kappa shape index (κ3) is 3.76. The molecule has 2 heterocycles. The third-order valence-corrected chi connectivity index (χ3v) is 4.36. The summed E-state index contributed by atoms with van der Waals surface area (Å²) < 4.78 is 7.68. The summed E-state index contributed by atoms with van der Waals surface area (Å²) in [6.07, 6.45) is 4.32. The number of fused-ring (bicyclic) bond motifs is 1. The van der Waals surface area contributed by atoms with Crippen LogP contribution in [0.3, 0.4) is 0 Å². The second-order valence-electron chi connectivity index (χ2n) is 6.44. The zero-order chi connectivity index (χ0) is 17.8. The molecule has 0 saturated carbocycles. The van der Waals surface area contributed by atoms with Crippen molar-refractivity contribution < 1.29 is 4.74 Å². The molecule has 1 atom stereocenters. The number of aryl methyl sites for hydroxylation is 1. The van der Waals surface area contributed by atoms with Gasteiger partial charge >= 0.3 is 0 Å². The smallest absolute Gasteiger partial charge is 0.154 e. The highest BCUT2D eigenvalue weighted by Crippen LogP contribution is 2.26. The van der Waals surface area contributed by atoms with E-state index in [1.807, 2.05) is 25.1 Å². The van der Waals surface area contributed by atoms with Gasteiger partial charge in [-0.05, 0) is 32.4 Å². The van der Waals surface area contributed by atoms with Gasteiger partial charge in [0.2, 0.25) is 0 Å². The van der Waals surface area contributed by atoms with Gasteiger partial charge < -0.3 is 14.6 Å². The van der Waals surface area contributed by atoms with Crippen molar-refractivity contribution in [3.05, 3.63) is 47.9 Å². The van der Waals surface area contributed by atoms with Crippen molar-refractivity contribution in [2.45, 2.75) is 46.2 Å². The Bertz CT molecular complexity index is 856. The van der Waals surface area contributed by atoms with E-state index in [4.69, 9.17) is 4.74 Å². The Morgan fingerprint density at radius 3 is 2.76 bits per heavy atom. The summed E-state index contributed by atoms with van der Waals surface area (Å²) >= 11 is 0. The molecule has 0 amide bonds. The summed E-state index contributed by atoms with van der Waals surface area (Å²) in [6, 6.07) is 10.5. The molecule has 3 aromatic rings. The number of para-hydroxylation sites is 1. The van der Waals surface area contributed by atoms with E-state index in [0.717, 1.165) is 53.4 Å². The van der Waals surface area contributed by atoms with Crippen molar-refractivity contribution in [2.75, 3.05) is 12.4 Å². The zero-order valence-corrected chi connectivity index (χ0v) is 15.4. The number of hydrogen-bond donors (Lipinski definition) is 1. The molecule has 5 heteroatoms. The summed E-state index contributed by atoms with van der Waals surface area (Å²) in [7, 11) is 1.71. The van der Waals surface area contributed by atoms with Gasteiger partial charge in [0.25, 0.3) is 0 Å². The van der Waals surface area contributed by atoms with Crippen LogP contribution in [0.1, 0.15) is 38.1 Å². The first-order valence-electron chi connectivity index (χ1n) is 8.84. The highest BCUT2D eigenvalue weighted by atomic mass is 16.5. The number of hydrogen-bond acceptors (Lipinski definition) is 4. The number of rotatable bonds is 7. The van der Waals surface area contributed by atoms with E-state index in [-0.39, 0.29) is 0 Å². The molecule has 0 aliphatic rings. The number of anilines is 1. The normalized spacial score (nSPS) is 12.3. The van der Waals surface area contributed by atoms with Gasteiger partial charge in [-0.25, -0.2) is 9.97 Å². The van der Waals surface area contributed by atoms with Crippen molar-refractivity contribution >= 4 is 16.9 Å². The van der Waals surface area contributed by atoms with Gasteiger partial charge in [0.05, 0.1) is 19.2 Å². The van der Waals surface area contributed by atoms with Crippen LogP contribution in [0.15, 0.2) is 36.5 Å². The Kier molecular flexibility index (Phi) is 5.22. The Morgan fingerprint density at radius 2 is 2.00 bits per heavy atom. The van der Waals surface area contributed by atoms with Crippen LogP contribution < -0.4 is 10.1 Å². The van der Waals surface area contributed by atoms with Gasteiger partial charge in [0, 0.05) is 17.8 Å². The van der Waals surface area contributed by atoms with Crippen LogP contribution >= 0.6 is 0 Å². The maximum Gasteiger partial charge on any atom is 0.154 e. The SMILES string of the molecule is CCCC(C)Nc1nc(C)nc2ccn(Cc3ccccc3OC)c12. The highest BCUT2D eigenvalue weighted by molar-refractivity contribution is 5.86. The molecular formula is C20H26N4O. The average Bonchev–Trinajstić information content (AvgIpc) is 2.98. The van der Waals surface area contributed by atoms with Crippen LogP contribution in [0.25, 0.3) is 11.0 Å². The molecule has 3 rings (SSSR count). The van der Waals surface area contributed by atoms with E-state index in [1.54, 1.807) is 7.11 Å². The molecule has 0 bridgehead atoms. The first-order valence-corrected chi connectivity index (χ1v) is 8.84. The Hall–Kier alpha value is -2.56. The molecule has 1 unspecified atom stereocenters. The molecular weight excluding hydrogens is 312 g/mol. The topological polar surface area (TPSA) is 52.0 Å². The van der Waals surface area contributed by atoms with Crippen LogP contribution in [-0.4, -0.2) is 27.7 Å². The first kappa shape index (κ1) is 17.3. The fourth-order valence-electron chi connectivity index (χ4n) is 3.21. The van der Waals surface area contributed by atoms with Gasteiger partial charge in [0.1, 0.15) is 17.1 Å². The van der Waals surface area contributed by atoms with Crippen molar-refractivity contribution in [1.29, 1.82) is 0 Å². The minimum Gasteiger partial charge on any atom is -0.496 e. The second kappa shape index (κ2) is 7.55. The molecule has 0 spiro atoms. The maximum atomic E-state index is 5.49. The average molecular weight is 338 g/mol. The van der Waals surface area contributed by atoms with Crippen molar-refractivity contribution in [3.8, 4) is 5.75 Å². The molecule has 1 aromatic carbocycles. The Labute approximate surface area is 149 Å². The molecule has 2 aromatic heterocycles. The summed E-state index contributed by atoms with van der Waals surface area (Å²) in [5, 5.41) is 3.56. The number of methoxy groups -OCH3 is 1. The predicted octanol–water partition coefficient (Wildman–Crippen LogP) is 4.40. The fraction of sp³-hybridized carbons (Fsp3) is 0.400. The summed E-state index contributed by atoms with van der Waals surface area (Å²) in [5.74, 6) is 2.59. The number of nitrogens with one attached hydrogen (secondary N) is 1. The van der Waals surface area contributed by atoms with Crippen LogP contribution in [-0.2, 0) is 6.54 Å². The lowest BCUT2D eigenvalue weighted by molar-refractivity contribution is 0.408. The lowest BCUT2D eigenvalue weighted by Gasteiger charge is -2.17. The zero-order valence-electron chi connectivity index (χ0n) is 15.4. The molecule has 0 aliphatic carbocycles. The van der Waals surface area contributed by atoms with E-state index in [2.05, 4.69) is 52.0 Å². The van der Waals surface area contributed by atoms with Gasteiger partial charge in [0.15, 0.2) is 5.82 Å². The fourth-order valence-corrected chi connectivity index (χ4v) is 3.21. The molecule has 0 saturated heterocycles. The van der Waals surface area contributed by atoms with Crippen LogP contribution in [0.2, 0.25) is 0 Å². The summed E-state index contributed by atoms with van der Waals surface area (Å²) in [5.41, 5.74) is 3.14. The number of aromatic nitrogens is 3. The van der Waals surface area contributed by atoms with Crippen LogP contribution in [0.5, 0.6) is 5.75 Å². The molecule has 132 valence electrons. The van der Waals surface area contributed by atoms with Gasteiger partial charge in [-0.1, -0.05) is 31.5 Å². The van der Waals surface area contributed by atoms with Gasteiger partial charge in [-0.15, -0.1) is 0 Å². The van der Waals surface area contributed by atoms with Crippen molar-refractivity contribution in [1.82, 2.24) is 14.5 Å². The molecule has 0 fully saturated rings. The Morgan fingerprint density at radius 1 is 1.20 bits per heavy atom. The molecule has 0 radical (unpaired) electrons. The van der Waals surface area contributed by atoms with Crippen molar-refractivity contribution in [2.24, 2.45) is 0 Å². The standard InChI is InChI=1S/C20H26N4O/c1-5-8-14(2)21-20-19-17(22-15(3)23-20)11-12-24(19)13-16-9-6-7-10-18(16)25-4/h6-7,9-12,14H,5,8,13H2,1-4H3,(H,21,22,23). The minimum absolute atomic E-state index is 0.372. The number of benzene rings is 1. The summed E-state index contributed by atoms with van der Waals surface area (Å²) in [4.78, 5) is 9.26. The number of nitrogens with zero attached hydrogens (tertiary/aromatic N) is 3. The summed E-state index contributed by atoms with van der Waals surface area (Å²) in [6.45, 7) is 7.05. The molecule has 25 heavy (non-hydrogen) atoms. The monoisotopic (exact) mass is 338 g/mol. The van der Waals surface area contributed by atoms with E-state index in [0.29, 0.717) is 6.04 Å². The largest absolute Gasteiger partial charge is 0.496 e. The maximum absolute atomic E-state index is 5.49. The van der Waals surface area contributed by atoms with Crippen molar-refractivity contribution in [3.63, 3.8) is 0 Å². The van der Waals surface area contributed by atoms with Gasteiger partial charge in [-0.3, -0.25) is 0 Å². The third-order valence-electron chi connectivity index (χ3n) is 4.36. The number of ether oxygens (including phenoxy) is 1.